The molecule has 0 aliphatic heterocycles. The molecular weight excluding hydrogens is 304 g/mol. The van der Waals surface area contributed by atoms with E-state index in [1.54, 1.807) is 13.2 Å². The lowest BCUT2D eigenvalue weighted by molar-refractivity contribution is 0.352. The molecule has 0 unspecified atom stereocenters. The van der Waals surface area contributed by atoms with Gasteiger partial charge in [-0.3, -0.25) is 0 Å². The molecular formula is C20H18O4. The SMILES string of the molecule is C=C(C)COc1ccc2cc(-c3ccc(OC)cc3)c(=O)oc2c1. The minimum absolute atomic E-state index is 0.385. The molecule has 4 nitrogen and oxygen atoms in total. The largest absolute Gasteiger partial charge is 0.497 e. The summed E-state index contributed by atoms with van der Waals surface area (Å²) in [5, 5.41) is 0.836. The molecule has 24 heavy (non-hydrogen) atoms. The second-order valence-corrected chi connectivity index (χ2v) is 5.62. The Morgan fingerprint density at radius 1 is 1.08 bits per heavy atom. The highest BCUT2D eigenvalue weighted by Crippen LogP contribution is 2.25. The number of ether oxygens (including phenoxy) is 2. The van der Waals surface area contributed by atoms with Crippen LogP contribution in [0.3, 0.4) is 0 Å². The Morgan fingerprint density at radius 2 is 1.79 bits per heavy atom. The van der Waals surface area contributed by atoms with Gasteiger partial charge in [0, 0.05) is 11.5 Å². The first-order valence-electron chi connectivity index (χ1n) is 7.56. The van der Waals surface area contributed by atoms with Gasteiger partial charge in [-0.05, 0) is 48.4 Å². The first kappa shape index (κ1) is 15.9. The van der Waals surface area contributed by atoms with Gasteiger partial charge in [-0.2, -0.15) is 0 Å². The molecule has 0 spiro atoms. The molecule has 1 aromatic heterocycles. The minimum atomic E-state index is -0.385. The molecule has 0 atom stereocenters. The fourth-order valence-electron chi connectivity index (χ4n) is 2.36. The average molecular weight is 322 g/mol. The number of fused-ring (bicyclic) bond motifs is 1. The van der Waals surface area contributed by atoms with Crippen LogP contribution >= 0.6 is 0 Å². The lowest BCUT2D eigenvalue weighted by Crippen LogP contribution is -2.03. The number of rotatable bonds is 5. The normalized spacial score (nSPS) is 10.6. The van der Waals surface area contributed by atoms with Crippen molar-refractivity contribution in [3.8, 4) is 22.6 Å². The lowest BCUT2D eigenvalue weighted by atomic mass is 10.1. The monoisotopic (exact) mass is 322 g/mol. The van der Waals surface area contributed by atoms with Crippen LogP contribution in [-0.2, 0) is 0 Å². The van der Waals surface area contributed by atoms with Crippen LogP contribution in [0.1, 0.15) is 6.92 Å². The molecule has 0 N–H and O–H groups in total. The third-order valence-corrected chi connectivity index (χ3v) is 3.59. The van der Waals surface area contributed by atoms with E-state index in [0.717, 1.165) is 22.3 Å². The standard InChI is InChI=1S/C20H18O4/c1-13(2)12-23-17-9-6-15-10-18(20(21)24-19(15)11-17)14-4-7-16(22-3)8-5-14/h4-11H,1,12H2,2-3H3. The summed E-state index contributed by atoms with van der Waals surface area (Å²) >= 11 is 0. The molecule has 0 bridgehead atoms. The lowest BCUT2D eigenvalue weighted by Gasteiger charge is -2.07. The van der Waals surface area contributed by atoms with Gasteiger partial charge in [0.1, 0.15) is 23.7 Å². The van der Waals surface area contributed by atoms with Crippen LogP contribution < -0.4 is 15.1 Å². The van der Waals surface area contributed by atoms with Gasteiger partial charge in [0.25, 0.3) is 0 Å². The molecule has 0 radical (unpaired) electrons. The number of methoxy groups -OCH3 is 1. The summed E-state index contributed by atoms with van der Waals surface area (Å²) in [6.45, 7) is 6.12. The maximum absolute atomic E-state index is 12.3. The predicted octanol–water partition coefficient (Wildman–Crippen LogP) is 4.42. The van der Waals surface area contributed by atoms with Crippen LogP contribution in [0.25, 0.3) is 22.1 Å². The summed E-state index contributed by atoms with van der Waals surface area (Å²) in [5.41, 5.74) is 2.34. The second-order valence-electron chi connectivity index (χ2n) is 5.62. The van der Waals surface area contributed by atoms with Crippen LogP contribution in [0.2, 0.25) is 0 Å². The number of benzene rings is 2. The Hall–Kier alpha value is -3.01. The van der Waals surface area contributed by atoms with Crippen molar-refractivity contribution < 1.29 is 13.9 Å². The van der Waals surface area contributed by atoms with Gasteiger partial charge in [-0.1, -0.05) is 18.7 Å². The van der Waals surface area contributed by atoms with Crippen molar-refractivity contribution in [2.75, 3.05) is 13.7 Å². The highest BCUT2D eigenvalue weighted by Gasteiger charge is 2.09. The molecule has 0 amide bonds. The van der Waals surface area contributed by atoms with E-state index < -0.39 is 0 Å². The molecule has 3 rings (SSSR count). The van der Waals surface area contributed by atoms with Crippen LogP contribution in [0.4, 0.5) is 0 Å². The van der Waals surface area contributed by atoms with E-state index in [4.69, 9.17) is 13.9 Å². The predicted molar refractivity (Wildman–Crippen MR) is 94.8 cm³/mol. The molecule has 1 heterocycles. The Kier molecular flexibility index (Phi) is 4.38. The van der Waals surface area contributed by atoms with Crippen molar-refractivity contribution in [1.29, 1.82) is 0 Å². The van der Waals surface area contributed by atoms with Gasteiger partial charge < -0.3 is 13.9 Å². The van der Waals surface area contributed by atoms with Crippen molar-refractivity contribution in [2.24, 2.45) is 0 Å². The Bertz CT molecular complexity index is 936. The Labute approximate surface area is 139 Å². The highest BCUT2D eigenvalue weighted by atomic mass is 16.5. The second kappa shape index (κ2) is 6.62. The van der Waals surface area contributed by atoms with Crippen LogP contribution in [0.15, 0.2) is 69.9 Å². The van der Waals surface area contributed by atoms with Crippen molar-refractivity contribution >= 4 is 11.0 Å². The Morgan fingerprint density at radius 3 is 2.46 bits per heavy atom. The van der Waals surface area contributed by atoms with E-state index in [0.29, 0.717) is 23.5 Å². The fourth-order valence-corrected chi connectivity index (χ4v) is 2.36. The summed E-state index contributed by atoms with van der Waals surface area (Å²) in [6, 6.07) is 14.6. The number of hydrogen-bond acceptors (Lipinski definition) is 4. The van der Waals surface area contributed by atoms with E-state index in [2.05, 4.69) is 6.58 Å². The molecule has 0 saturated carbocycles. The van der Waals surface area contributed by atoms with E-state index >= 15 is 0 Å². The molecule has 122 valence electrons. The summed E-state index contributed by atoms with van der Waals surface area (Å²) in [6.07, 6.45) is 0. The quantitative estimate of drug-likeness (QED) is 0.515. The van der Waals surface area contributed by atoms with Gasteiger partial charge in [0.05, 0.1) is 12.7 Å². The molecule has 0 saturated heterocycles. The van der Waals surface area contributed by atoms with Crippen molar-refractivity contribution in [3.05, 3.63) is 71.1 Å². The zero-order chi connectivity index (χ0) is 17.1. The third-order valence-electron chi connectivity index (χ3n) is 3.59. The smallest absolute Gasteiger partial charge is 0.344 e. The van der Waals surface area contributed by atoms with Gasteiger partial charge in [-0.15, -0.1) is 0 Å². The molecule has 4 heteroatoms. The summed E-state index contributed by atoms with van der Waals surface area (Å²) in [7, 11) is 1.60. The molecule has 0 aliphatic carbocycles. The van der Waals surface area contributed by atoms with Crippen molar-refractivity contribution in [1.82, 2.24) is 0 Å². The highest BCUT2D eigenvalue weighted by molar-refractivity contribution is 5.82. The summed E-state index contributed by atoms with van der Waals surface area (Å²) < 4.78 is 16.2. The Balaban J connectivity index is 1.99. The van der Waals surface area contributed by atoms with Crippen LogP contribution in [0.5, 0.6) is 11.5 Å². The van der Waals surface area contributed by atoms with Crippen LogP contribution in [-0.4, -0.2) is 13.7 Å². The van der Waals surface area contributed by atoms with Crippen LogP contribution in [0, 0.1) is 0 Å². The third kappa shape index (κ3) is 3.33. The molecule has 0 fully saturated rings. The van der Waals surface area contributed by atoms with Gasteiger partial charge >= 0.3 is 5.63 Å². The van der Waals surface area contributed by atoms with Crippen molar-refractivity contribution in [2.45, 2.75) is 6.92 Å². The topological polar surface area (TPSA) is 48.7 Å². The molecule has 2 aromatic carbocycles. The van der Waals surface area contributed by atoms with E-state index in [1.807, 2.05) is 49.4 Å². The van der Waals surface area contributed by atoms with E-state index in [1.165, 1.54) is 0 Å². The van der Waals surface area contributed by atoms with E-state index in [-0.39, 0.29) is 5.63 Å². The summed E-state index contributed by atoms with van der Waals surface area (Å²) in [4.78, 5) is 12.3. The minimum Gasteiger partial charge on any atom is -0.497 e. The number of hydrogen-bond donors (Lipinski definition) is 0. The molecule has 0 aliphatic rings. The first-order valence-corrected chi connectivity index (χ1v) is 7.56. The average Bonchev–Trinajstić information content (AvgIpc) is 2.59. The van der Waals surface area contributed by atoms with Crippen molar-refractivity contribution in [3.63, 3.8) is 0 Å². The summed E-state index contributed by atoms with van der Waals surface area (Å²) in [5.74, 6) is 1.38. The zero-order valence-electron chi connectivity index (χ0n) is 13.7. The first-order chi connectivity index (χ1) is 11.6. The maximum atomic E-state index is 12.3. The fraction of sp³-hybridized carbons (Fsp3) is 0.150. The van der Waals surface area contributed by atoms with E-state index in [9.17, 15) is 4.79 Å². The van der Waals surface area contributed by atoms with Gasteiger partial charge in [0.2, 0.25) is 0 Å². The zero-order valence-corrected chi connectivity index (χ0v) is 13.7. The maximum Gasteiger partial charge on any atom is 0.344 e. The van der Waals surface area contributed by atoms with Gasteiger partial charge in [0.15, 0.2) is 0 Å². The molecule has 3 aromatic rings. The van der Waals surface area contributed by atoms with Gasteiger partial charge in [-0.25, -0.2) is 4.79 Å².